The van der Waals surface area contributed by atoms with Gasteiger partial charge in [0.05, 0.1) is 24.7 Å². The number of carbonyl (C=O) groups is 1. The van der Waals surface area contributed by atoms with Crippen LogP contribution in [0.3, 0.4) is 0 Å². The van der Waals surface area contributed by atoms with Crippen molar-refractivity contribution in [3.8, 4) is 5.75 Å². The highest BCUT2D eigenvalue weighted by atomic mass is 16.5. The molecule has 0 aliphatic rings. The standard InChI is InChI=1S/C23H28N4O2/c1-18-8-5-6-11-22(18)29-13-7-12-25-23(28)21(24)14-20-16-27(17-26-20)15-19-9-3-2-4-10-19/h2-6,8-11,16-17,21H,7,12-15,24H2,1H3,(H,25,28)/t21-/m0/s1. The van der Waals surface area contributed by atoms with Crippen molar-refractivity contribution in [1.82, 2.24) is 14.9 Å². The first kappa shape index (κ1) is 20.6. The second kappa shape index (κ2) is 10.4. The molecule has 0 aliphatic heterocycles. The maximum atomic E-state index is 12.2. The summed E-state index contributed by atoms with van der Waals surface area (Å²) in [5.74, 6) is 0.708. The highest BCUT2D eigenvalue weighted by Crippen LogP contribution is 2.16. The van der Waals surface area contributed by atoms with E-state index >= 15 is 0 Å². The molecule has 0 saturated heterocycles. The average Bonchev–Trinajstić information content (AvgIpc) is 3.16. The first-order valence-corrected chi connectivity index (χ1v) is 9.88. The number of aryl methyl sites for hydroxylation is 1. The lowest BCUT2D eigenvalue weighted by Gasteiger charge is -2.12. The summed E-state index contributed by atoms with van der Waals surface area (Å²) in [6.07, 6.45) is 4.85. The van der Waals surface area contributed by atoms with Gasteiger partial charge in [0.2, 0.25) is 5.91 Å². The molecule has 2 aromatic carbocycles. The number of nitrogens with two attached hydrogens (primary N) is 1. The predicted molar refractivity (Wildman–Crippen MR) is 114 cm³/mol. The summed E-state index contributed by atoms with van der Waals surface area (Å²) in [6.45, 7) is 3.83. The molecule has 29 heavy (non-hydrogen) atoms. The van der Waals surface area contributed by atoms with Gasteiger partial charge in [-0.1, -0.05) is 48.5 Å². The van der Waals surface area contributed by atoms with Gasteiger partial charge in [0, 0.05) is 25.7 Å². The average molecular weight is 393 g/mol. The Bertz CT molecular complexity index is 908. The zero-order chi connectivity index (χ0) is 20.5. The molecule has 152 valence electrons. The highest BCUT2D eigenvalue weighted by Gasteiger charge is 2.15. The lowest BCUT2D eigenvalue weighted by molar-refractivity contribution is -0.122. The maximum absolute atomic E-state index is 12.2. The molecule has 3 aromatic rings. The molecule has 0 saturated carbocycles. The van der Waals surface area contributed by atoms with Crippen molar-refractivity contribution in [3.05, 3.63) is 83.9 Å². The van der Waals surface area contributed by atoms with Gasteiger partial charge in [-0.05, 0) is 30.5 Å². The third-order valence-electron chi connectivity index (χ3n) is 4.63. The van der Waals surface area contributed by atoms with Crippen molar-refractivity contribution >= 4 is 5.91 Å². The molecule has 0 unspecified atom stereocenters. The second-order valence-corrected chi connectivity index (χ2v) is 7.09. The second-order valence-electron chi connectivity index (χ2n) is 7.09. The Morgan fingerprint density at radius 3 is 2.72 bits per heavy atom. The quantitative estimate of drug-likeness (QED) is 0.520. The SMILES string of the molecule is Cc1ccccc1OCCCNC(=O)[C@@H](N)Cc1cn(Cc2ccccc2)cn1. The molecule has 1 aromatic heterocycles. The highest BCUT2D eigenvalue weighted by molar-refractivity contribution is 5.81. The maximum Gasteiger partial charge on any atom is 0.237 e. The van der Waals surface area contributed by atoms with Gasteiger partial charge in [0.15, 0.2) is 0 Å². The molecule has 6 heteroatoms. The molecular weight excluding hydrogens is 364 g/mol. The molecule has 1 atom stereocenters. The van der Waals surface area contributed by atoms with Gasteiger partial charge in [-0.15, -0.1) is 0 Å². The third-order valence-corrected chi connectivity index (χ3v) is 4.63. The molecular formula is C23H28N4O2. The normalized spacial score (nSPS) is 11.8. The molecule has 0 fully saturated rings. The first-order valence-electron chi connectivity index (χ1n) is 9.88. The van der Waals surface area contributed by atoms with Crippen LogP contribution in [-0.4, -0.2) is 34.7 Å². The van der Waals surface area contributed by atoms with Crippen LogP contribution in [0.5, 0.6) is 5.75 Å². The van der Waals surface area contributed by atoms with Crippen molar-refractivity contribution in [3.63, 3.8) is 0 Å². The molecule has 6 nitrogen and oxygen atoms in total. The summed E-state index contributed by atoms with van der Waals surface area (Å²) in [7, 11) is 0. The van der Waals surface area contributed by atoms with E-state index in [9.17, 15) is 4.79 Å². The number of ether oxygens (including phenoxy) is 1. The largest absolute Gasteiger partial charge is 0.493 e. The van der Waals surface area contributed by atoms with Crippen molar-refractivity contribution < 1.29 is 9.53 Å². The van der Waals surface area contributed by atoms with Crippen molar-refractivity contribution in [2.75, 3.05) is 13.2 Å². The Labute approximate surface area is 171 Å². The van der Waals surface area contributed by atoms with Crippen molar-refractivity contribution in [2.45, 2.75) is 32.4 Å². The zero-order valence-electron chi connectivity index (χ0n) is 16.8. The van der Waals surface area contributed by atoms with E-state index in [4.69, 9.17) is 10.5 Å². The summed E-state index contributed by atoms with van der Waals surface area (Å²) >= 11 is 0. The Balaban J connectivity index is 1.36. The van der Waals surface area contributed by atoms with E-state index in [1.54, 1.807) is 6.33 Å². The topological polar surface area (TPSA) is 82.2 Å². The fourth-order valence-electron chi connectivity index (χ4n) is 3.03. The van der Waals surface area contributed by atoms with Gasteiger partial charge < -0.3 is 20.4 Å². The van der Waals surface area contributed by atoms with E-state index in [0.29, 0.717) is 19.6 Å². The van der Waals surface area contributed by atoms with E-state index in [2.05, 4.69) is 22.4 Å². The van der Waals surface area contributed by atoms with Crippen LogP contribution in [0.2, 0.25) is 0 Å². The van der Waals surface area contributed by atoms with Crippen molar-refractivity contribution in [1.29, 1.82) is 0 Å². The summed E-state index contributed by atoms with van der Waals surface area (Å²) in [6, 6.07) is 17.4. The van der Waals surface area contributed by atoms with Gasteiger partial charge in [0.25, 0.3) is 0 Å². The number of imidazole rings is 1. The fourth-order valence-corrected chi connectivity index (χ4v) is 3.03. The van der Waals surface area contributed by atoms with Crippen LogP contribution in [0.25, 0.3) is 0 Å². The Morgan fingerprint density at radius 1 is 1.17 bits per heavy atom. The monoisotopic (exact) mass is 392 g/mol. The van der Waals surface area contributed by atoms with E-state index in [1.165, 1.54) is 5.56 Å². The van der Waals surface area contributed by atoms with Gasteiger partial charge in [-0.2, -0.15) is 0 Å². The van der Waals surface area contributed by atoms with Crippen molar-refractivity contribution in [2.24, 2.45) is 5.73 Å². The lowest BCUT2D eigenvalue weighted by Crippen LogP contribution is -2.42. The number of benzene rings is 2. The molecule has 1 amide bonds. The van der Waals surface area contributed by atoms with Gasteiger partial charge in [-0.25, -0.2) is 4.98 Å². The van der Waals surface area contributed by atoms with E-state index in [0.717, 1.165) is 30.0 Å². The molecule has 0 radical (unpaired) electrons. The zero-order valence-corrected chi connectivity index (χ0v) is 16.8. The number of para-hydroxylation sites is 1. The molecule has 1 heterocycles. The number of hydrogen-bond donors (Lipinski definition) is 2. The lowest BCUT2D eigenvalue weighted by atomic mass is 10.1. The van der Waals surface area contributed by atoms with E-state index < -0.39 is 6.04 Å². The molecule has 3 N–H and O–H groups in total. The van der Waals surface area contributed by atoms with Gasteiger partial charge in [-0.3, -0.25) is 4.79 Å². The molecule has 3 rings (SSSR count). The summed E-state index contributed by atoms with van der Waals surface area (Å²) in [5.41, 5.74) is 9.16. The number of carbonyl (C=O) groups excluding carboxylic acids is 1. The Kier molecular flexibility index (Phi) is 7.41. The van der Waals surface area contributed by atoms with Gasteiger partial charge >= 0.3 is 0 Å². The molecule has 0 spiro atoms. The van der Waals surface area contributed by atoms with Crippen LogP contribution in [0, 0.1) is 6.92 Å². The Hall–Kier alpha value is -3.12. The number of amides is 1. The first-order chi connectivity index (χ1) is 14.1. The van der Waals surface area contributed by atoms with Crippen LogP contribution in [0.15, 0.2) is 67.1 Å². The summed E-state index contributed by atoms with van der Waals surface area (Å²) in [5, 5.41) is 2.87. The van der Waals surface area contributed by atoms with E-state index in [-0.39, 0.29) is 5.91 Å². The van der Waals surface area contributed by atoms with Gasteiger partial charge in [0.1, 0.15) is 5.75 Å². The number of aromatic nitrogens is 2. The summed E-state index contributed by atoms with van der Waals surface area (Å²) < 4.78 is 7.73. The minimum atomic E-state index is -0.618. The smallest absolute Gasteiger partial charge is 0.237 e. The van der Waals surface area contributed by atoms with Crippen LogP contribution in [0.1, 0.15) is 23.2 Å². The molecule has 0 aliphatic carbocycles. The predicted octanol–water partition coefficient (Wildman–Crippen LogP) is 2.69. The number of hydrogen-bond acceptors (Lipinski definition) is 4. The summed E-state index contributed by atoms with van der Waals surface area (Å²) in [4.78, 5) is 16.6. The number of rotatable bonds is 10. The molecule has 0 bridgehead atoms. The minimum absolute atomic E-state index is 0.168. The number of nitrogens with one attached hydrogen (secondary N) is 1. The van der Waals surface area contributed by atoms with Crippen LogP contribution < -0.4 is 15.8 Å². The Morgan fingerprint density at radius 2 is 1.93 bits per heavy atom. The van der Waals surface area contributed by atoms with Crippen LogP contribution in [0.4, 0.5) is 0 Å². The fraction of sp³-hybridized carbons (Fsp3) is 0.304. The van der Waals surface area contributed by atoms with E-state index in [1.807, 2.05) is 60.2 Å². The van der Waals surface area contributed by atoms with Crippen LogP contribution >= 0.6 is 0 Å². The minimum Gasteiger partial charge on any atom is -0.493 e. The third kappa shape index (κ3) is 6.47. The number of nitrogens with zero attached hydrogens (tertiary/aromatic N) is 2. The van der Waals surface area contributed by atoms with Crippen LogP contribution in [-0.2, 0) is 17.8 Å².